The van der Waals surface area contributed by atoms with Gasteiger partial charge in [-0.3, -0.25) is 9.59 Å². The Kier molecular flexibility index (Phi) is 7.58. The number of esters is 2. The molecule has 0 unspecified atom stereocenters. The first-order valence-corrected chi connectivity index (χ1v) is 12.4. The molecule has 0 saturated carbocycles. The summed E-state index contributed by atoms with van der Waals surface area (Å²) in [6, 6.07) is 7.19. The summed E-state index contributed by atoms with van der Waals surface area (Å²) in [6.45, 7) is 1.76. The maximum Gasteiger partial charge on any atom is 0.336 e. The van der Waals surface area contributed by atoms with Gasteiger partial charge in [0.15, 0.2) is 17.3 Å². The summed E-state index contributed by atoms with van der Waals surface area (Å²) in [7, 11) is 7.02. The highest BCUT2D eigenvalue weighted by Crippen LogP contribution is 2.51. The zero-order valence-corrected chi connectivity index (χ0v) is 22.3. The summed E-state index contributed by atoms with van der Waals surface area (Å²) in [4.78, 5) is 41.1. The van der Waals surface area contributed by atoms with Gasteiger partial charge >= 0.3 is 11.9 Å². The number of benzene rings is 1. The first-order valence-electron chi connectivity index (χ1n) is 11.6. The van der Waals surface area contributed by atoms with Crippen molar-refractivity contribution in [3.05, 3.63) is 62.6 Å². The smallest absolute Gasteiger partial charge is 0.336 e. The highest BCUT2D eigenvalue weighted by Gasteiger charge is 2.49. The van der Waals surface area contributed by atoms with Crippen molar-refractivity contribution in [2.45, 2.75) is 25.2 Å². The molecule has 3 atom stereocenters. The molecule has 1 aliphatic carbocycles. The number of hydrogen-bond donors (Lipinski definition) is 1. The maximum atomic E-state index is 14.2. The molecule has 0 saturated heterocycles. The molecule has 2 aromatic rings. The van der Waals surface area contributed by atoms with E-state index in [0.29, 0.717) is 46.2 Å². The predicted molar refractivity (Wildman–Crippen MR) is 136 cm³/mol. The number of hydrogen-bond acceptors (Lipinski definition) is 10. The van der Waals surface area contributed by atoms with Gasteiger partial charge in [-0.15, -0.1) is 11.3 Å². The number of nitrogens with one attached hydrogen (secondary N) is 1. The molecular weight excluding hydrogens is 498 g/mol. The van der Waals surface area contributed by atoms with Gasteiger partial charge in [0.2, 0.25) is 5.75 Å². The van der Waals surface area contributed by atoms with E-state index < -0.39 is 35.5 Å². The minimum Gasteiger partial charge on any atom is -0.493 e. The molecule has 9 nitrogen and oxygen atoms in total. The van der Waals surface area contributed by atoms with Gasteiger partial charge in [-0.25, -0.2) is 4.79 Å². The van der Waals surface area contributed by atoms with Crippen LogP contribution in [-0.2, 0) is 23.9 Å². The molecule has 0 radical (unpaired) electrons. The van der Waals surface area contributed by atoms with Gasteiger partial charge < -0.3 is 29.0 Å². The molecule has 0 spiro atoms. The largest absolute Gasteiger partial charge is 0.493 e. The summed E-state index contributed by atoms with van der Waals surface area (Å²) in [5, 5.41) is 5.17. The lowest BCUT2D eigenvalue weighted by molar-refractivity contribution is -0.149. The van der Waals surface area contributed by atoms with E-state index in [-0.39, 0.29) is 5.57 Å². The molecule has 37 heavy (non-hydrogen) atoms. The van der Waals surface area contributed by atoms with Crippen LogP contribution in [0.1, 0.15) is 35.6 Å². The van der Waals surface area contributed by atoms with Gasteiger partial charge in [0.25, 0.3) is 0 Å². The molecule has 1 aromatic carbocycles. The van der Waals surface area contributed by atoms with Crippen LogP contribution in [0.25, 0.3) is 0 Å². The minimum absolute atomic E-state index is 0.252. The van der Waals surface area contributed by atoms with Gasteiger partial charge in [0, 0.05) is 33.7 Å². The number of rotatable bonds is 7. The van der Waals surface area contributed by atoms with E-state index in [1.165, 1.54) is 46.9 Å². The fourth-order valence-electron chi connectivity index (χ4n) is 5.18. The van der Waals surface area contributed by atoms with Crippen molar-refractivity contribution in [1.29, 1.82) is 0 Å². The second kappa shape index (κ2) is 10.7. The van der Waals surface area contributed by atoms with Gasteiger partial charge in [0.1, 0.15) is 5.92 Å². The lowest BCUT2D eigenvalue weighted by Gasteiger charge is -2.39. The molecule has 1 N–H and O–H groups in total. The normalized spacial score (nSPS) is 21.1. The molecule has 1 aromatic heterocycles. The Bertz CT molecular complexity index is 1270. The SMILES string of the molecule is COC(=O)C1=C(C)NC2=C(C(=O)[C@H](C(=O)OC)[C@@H](c3cccs3)C2)[C@@H]1c1cc(OC)c(OC)c(OC)c1. The van der Waals surface area contributed by atoms with E-state index in [4.69, 9.17) is 23.7 Å². The first-order chi connectivity index (χ1) is 17.8. The highest BCUT2D eigenvalue weighted by atomic mass is 32.1. The van der Waals surface area contributed by atoms with Crippen LogP contribution in [0, 0.1) is 5.92 Å². The summed E-state index contributed by atoms with van der Waals surface area (Å²) < 4.78 is 26.7. The Hall–Kier alpha value is -3.79. The standard InChI is InChI=1S/C27H29NO8S/c1-13-20(26(30)35-5)21(14-10-17(32-2)25(34-4)18(11-14)33-3)23-16(28-13)12-15(19-8-7-9-37-19)22(24(23)29)27(31)36-6/h7-11,15,21-22,28H,12H2,1-6H3/t15-,21-,22-/m1/s1. The summed E-state index contributed by atoms with van der Waals surface area (Å²) in [5.74, 6) is -2.84. The number of thiophene rings is 1. The average molecular weight is 528 g/mol. The lowest BCUT2D eigenvalue weighted by atomic mass is 9.68. The van der Waals surface area contributed by atoms with Gasteiger partial charge in [-0.2, -0.15) is 0 Å². The van der Waals surface area contributed by atoms with Crippen LogP contribution in [0.4, 0.5) is 0 Å². The Morgan fingerprint density at radius 2 is 1.68 bits per heavy atom. The second-order valence-corrected chi connectivity index (χ2v) is 9.61. The molecule has 2 aliphatic rings. The maximum absolute atomic E-state index is 14.2. The number of carbonyl (C=O) groups excluding carboxylic acids is 3. The van der Waals surface area contributed by atoms with E-state index in [2.05, 4.69) is 5.32 Å². The minimum atomic E-state index is -1.06. The van der Waals surface area contributed by atoms with Crippen molar-refractivity contribution in [3.63, 3.8) is 0 Å². The van der Waals surface area contributed by atoms with Crippen molar-refractivity contribution in [3.8, 4) is 17.2 Å². The van der Waals surface area contributed by atoms with E-state index in [0.717, 1.165) is 4.88 Å². The zero-order valence-electron chi connectivity index (χ0n) is 21.5. The quantitative estimate of drug-likeness (QED) is 0.426. The summed E-state index contributed by atoms with van der Waals surface area (Å²) >= 11 is 1.48. The van der Waals surface area contributed by atoms with Crippen LogP contribution in [0.15, 0.2) is 52.2 Å². The van der Waals surface area contributed by atoms with E-state index in [1.54, 1.807) is 19.1 Å². The van der Waals surface area contributed by atoms with E-state index >= 15 is 0 Å². The zero-order chi connectivity index (χ0) is 26.9. The van der Waals surface area contributed by atoms with Crippen molar-refractivity contribution in [2.24, 2.45) is 5.92 Å². The van der Waals surface area contributed by atoms with Gasteiger partial charge in [-0.1, -0.05) is 6.07 Å². The molecule has 0 amide bonds. The first kappa shape index (κ1) is 26.3. The van der Waals surface area contributed by atoms with Crippen molar-refractivity contribution in [2.75, 3.05) is 35.5 Å². The molecule has 1 aliphatic heterocycles. The number of Topliss-reactive ketones (excluding diaryl/α,β-unsaturated/α-hetero) is 1. The average Bonchev–Trinajstić information content (AvgIpc) is 3.45. The molecule has 0 bridgehead atoms. The Balaban J connectivity index is 1.97. The van der Waals surface area contributed by atoms with Crippen LogP contribution < -0.4 is 19.5 Å². The number of ether oxygens (including phenoxy) is 5. The van der Waals surface area contributed by atoms with Crippen molar-refractivity contribution < 1.29 is 38.1 Å². The van der Waals surface area contributed by atoms with E-state index in [1.807, 2.05) is 17.5 Å². The second-order valence-electron chi connectivity index (χ2n) is 8.63. The van der Waals surface area contributed by atoms with Crippen LogP contribution >= 0.6 is 11.3 Å². The number of dihydropyridines is 1. The molecule has 4 rings (SSSR count). The van der Waals surface area contributed by atoms with Gasteiger partial charge in [-0.05, 0) is 42.5 Å². The molecule has 0 fully saturated rings. The highest BCUT2D eigenvalue weighted by molar-refractivity contribution is 7.10. The predicted octanol–water partition coefficient (Wildman–Crippen LogP) is 3.71. The van der Waals surface area contributed by atoms with Crippen molar-refractivity contribution in [1.82, 2.24) is 5.32 Å². The molecule has 196 valence electrons. The number of allylic oxidation sites excluding steroid dienone is 3. The van der Waals surface area contributed by atoms with E-state index in [9.17, 15) is 14.4 Å². The van der Waals surface area contributed by atoms with Crippen LogP contribution in [0.2, 0.25) is 0 Å². The summed E-state index contributed by atoms with van der Waals surface area (Å²) in [5.41, 5.74) is 2.31. The Labute approximate surface area is 219 Å². The monoisotopic (exact) mass is 527 g/mol. The van der Waals surface area contributed by atoms with Crippen LogP contribution in [0.5, 0.6) is 17.2 Å². The fraction of sp³-hybridized carbons (Fsp3) is 0.370. The lowest BCUT2D eigenvalue weighted by Crippen LogP contribution is -2.43. The van der Waals surface area contributed by atoms with Crippen LogP contribution in [0.3, 0.4) is 0 Å². The molecular formula is C27H29NO8S. The molecule has 10 heteroatoms. The third-order valence-electron chi connectivity index (χ3n) is 6.81. The Morgan fingerprint density at radius 3 is 2.19 bits per heavy atom. The third-order valence-corrected chi connectivity index (χ3v) is 7.81. The number of ketones is 1. The third kappa shape index (κ3) is 4.46. The summed E-state index contributed by atoms with van der Waals surface area (Å²) in [6.07, 6.45) is 0.383. The van der Waals surface area contributed by atoms with Crippen molar-refractivity contribution >= 4 is 29.1 Å². The number of methoxy groups -OCH3 is 5. The number of carbonyl (C=O) groups is 3. The van der Waals surface area contributed by atoms with Gasteiger partial charge in [0.05, 0.1) is 41.1 Å². The fourth-order valence-corrected chi connectivity index (χ4v) is 6.05. The Morgan fingerprint density at radius 1 is 1.00 bits per heavy atom. The molecule has 2 heterocycles. The van der Waals surface area contributed by atoms with Crippen LogP contribution in [-0.4, -0.2) is 53.3 Å². The topological polar surface area (TPSA) is 109 Å².